The normalized spacial score (nSPS) is 13.3. The number of carbonyl (C=O) groups is 1. The first-order valence-electron chi connectivity index (χ1n) is 9.54. The average Bonchev–Trinajstić information content (AvgIpc) is 3.40. The van der Waals surface area contributed by atoms with E-state index in [0.717, 1.165) is 54.1 Å². The van der Waals surface area contributed by atoms with Crippen molar-refractivity contribution in [3.8, 4) is 0 Å². The Labute approximate surface area is 175 Å². The highest BCUT2D eigenvalue weighted by atomic mass is 32.2. The molecule has 1 aliphatic rings. The second kappa shape index (κ2) is 8.91. The van der Waals surface area contributed by atoms with Crippen LogP contribution in [0.4, 0.5) is 5.13 Å². The summed E-state index contributed by atoms with van der Waals surface area (Å²) >= 11 is 2.67. The van der Waals surface area contributed by atoms with Crippen molar-refractivity contribution in [2.45, 2.75) is 50.6 Å². The van der Waals surface area contributed by atoms with Crippen LogP contribution in [0.1, 0.15) is 41.8 Å². The summed E-state index contributed by atoms with van der Waals surface area (Å²) in [7, 11) is 0. The fourth-order valence-electron chi connectivity index (χ4n) is 3.32. The number of anilines is 1. The Hall–Kier alpha value is -2.46. The number of fused-ring (bicyclic) bond motifs is 1. The van der Waals surface area contributed by atoms with Gasteiger partial charge in [-0.3, -0.25) is 14.7 Å². The zero-order valence-electron chi connectivity index (χ0n) is 16.0. The molecular formula is C19H21N5O3S2. The van der Waals surface area contributed by atoms with Crippen LogP contribution in [0.15, 0.2) is 32.6 Å². The Morgan fingerprint density at radius 2 is 2.21 bits per heavy atom. The highest BCUT2D eigenvalue weighted by Gasteiger charge is 2.22. The van der Waals surface area contributed by atoms with E-state index < -0.39 is 0 Å². The number of aromatic nitrogens is 4. The van der Waals surface area contributed by atoms with Crippen LogP contribution in [0.5, 0.6) is 0 Å². The van der Waals surface area contributed by atoms with Crippen LogP contribution in [0, 0.1) is 0 Å². The molecule has 0 spiro atoms. The van der Waals surface area contributed by atoms with Crippen molar-refractivity contribution >= 4 is 34.1 Å². The zero-order valence-corrected chi connectivity index (χ0v) is 17.6. The summed E-state index contributed by atoms with van der Waals surface area (Å²) in [6.45, 7) is 2.37. The van der Waals surface area contributed by atoms with Gasteiger partial charge in [0, 0.05) is 11.3 Å². The number of nitrogens with zero attached hydrogens (tertiary/aromatic N) is 4. The summed E-state index contributed by atoms with van der Waals surface area (Å²) in [4.78, 5) is 29.3. The second-order valence-corrected chi connectivity index (χ2v) is 8.71. The molecule has 0 bridgehead atoms. The van der Waals surface area contributed by atoms with E-state index in [-0.39, 0.29) is 17.3 Å². The van der Waals surface area contributed by atoms with Crippen molar-refractivity contribution in [1.29, 1.82) is 0 Å². The molecule has 0 fully saturated rings. The van der Waals surface area contributed by atoms with E-state index in [1.54, 1.807) is 10.8 Å². The smallest absolute Gasteiger partial charge is 0.349 e. The summed E-state index contributed by atoms with van der Waals surface area (Å²) in [5, 5.41) is 12.8. The van der Waals surface area contributed by atoms with Crippen LogP contribution >= 0.6 is 23.1 Å². The van der Waals surface area contributed by atoms with Crippen molar-refractivity contribution < 1.29 is 9.21 Å². The molecule has 3 aromatic heterocycles. The quantitative estimate of drug-likeness (QED) is 0.453. The van der Waals surface area contributed by atoms with Crippen LogP contribution in [-0.4, -0.2) is 31.4 Å². The van der Waals surface area contributed by atoms with Crippen LogP contribution in [0.3, 0.4) is 0 Å². The SMILES string of the molecule is CCc1nnc(NC(=O)CSc2nc(=O)n(Cc3ccco3)c3c2CCCC3)s1. The van der Waals surface area contributed by atoms with Gasteiger partial charge in [0.05, 0.1) is 18.6 Å². The molecule has 8 nitrogen and oxygen atoms in total. The molecule has 0 aliphatic heterocycles. The minimum Gasteiger partial charge on any atom is -0.467 e. The molecule has 3 heterocycles. The Balaban J connectivity index is 1.50. The number of furan rings is 1. The van der Waals surface area contributed by atoms with E-state index in [1.165, 1.54) is 23.1 Å². The van der Waals surface area contributed by atoms with Gasteiger partial charge in [-0.15, -0.1) is 10.2 Å². The molecule has 1 aliphatic carbocycles. The lowest BCUT2D eigenvalue weighted by Gasteiger charge is -2.22. The monoisotopic (exact) mass is 431 g/mol. The van der Waals surface area contributed by atoms with Crippen molar-refractivity contribution in [2.75, 3.05) is 11.1 Å². The molecule has 10 heteroatoms. The van der Waals surface area contributed by atoms with Gasteiger partial charge in [0.1, 0.15) is 15.8 Å². The number of hydrogen-bond acceptors (Lipinski definition) is 8. The van der Waals surface area contributed by atoms with Gasteiger partial charge in [0.25, 0.3) is 0 Å². The number of aryl methyl sites for hydroxylation is 1. The minimum absolute atomic E-state index is 0.169. The Morgan fingerprint density at radius 3 is 2.97 bits per heavy atom. The summed E-state index contributed by atoms with van der Waals surface area (Å²) in [6.07, 6.45) is 6.17. The molecule has 1 amide bonds. The highest BCUT2D eigenvalue weighted by molar-refractivity contribution is 8.00. The molecule has 0 atom stereocenters. The number of hydrogen-bond donors (Lipinski definition) is 1. The lowest BCUT2D eigenvalue weighted by Crippen LogP contribution is -2.30. The molecule has 3 aromatic rings. The molecule has 0 saturated carbocycles. The van der Waals surface area contributed by atoms with E-state index in [2.05, 4.69) is 20.5 Å². The Morgan fingerprint density at radius 1 is 1.34 bits per heavy atom. The first-order valence-corrected chi connectivity index (χ1v) is 11.3. The van der Waals surface area contributed by atoms with Gasteiger partial charge in [0.15, 0.2) is 0 Å². The van der Waals surface area contributed by atoms with E-state index in [9.17, 15) is 9.59 Å². The third kappa shape index (κ3) is 4.59. The average molecular weight is 432 g/mol. The second-order valence-electron chi connectivity index (χ2n) is 6.69. The number of nitrogens with one attached hydrogen (secondary N) is 1. The molecule has 152 valence electrons. The standard InChI is InChI=1S/C19H21N5O3S2/c1-2-16-22-23-18(29-16)20-15(25)11-28-17-13-7-3-4-8-14(13)24(19(26)21-17)10-12-6-5-9-27-12/h5-6,9H,2-4,7-8,10-11H2,1H3,(H,20,23,25). The zero-order chi connectivity index (χ0) is 20.2. The van der Waals surface area contributed by atoms with Gasteiger partial charge in [-0.1, -0.05) is 30.0 Å². The number of amides is 1. The fraction of sp³-hybridized carbons (Fsp3) is 0.421. The lowest BCUT2D eigenvalue weighted by atomic mass is 9.97. The summed E-state index contributed by atoms with van der Waals surface area (Å²) in [6, 6.07) is 3.66. The predicted octanol–water partition coefficient (Wildman–Crippen LogP) is 2.91. The van der Waals surface area contributed by atoms with E-state index in [1.807, 2.05) is 19.1 Å². The van der Waals surface area contributed by atoms with Crippen molar-refractivity contribution in [3.63, 3.8) is 0 Å². The molecule has 0 saturated heterocycles. The first-order chi connectivity index (χ1) is 14.1. The van der Waals surface area contributed by atoms with E-state index in [4.69, 9.17) is 4.42 Å². The Bertz CT molecular complexity index is 1060. The van der Waals surface area contributed by atoms with Crippen molar-refractivity contribution in [3.05, 3.63) is 50.9 Å². The summed E-state index contributed by atoms with van der Waals surface area (Å²) in [5.74, 6) is 0.715. The molecule has 1 N–H and O–H groups in total. The van der Waals surface area contributed by atoms with E-state index >= 15 is 0 Å². The number of rotatable bonds is 7. The largest absolute Gasteiger partial charge is 0.467 e. The van der Waals surface area contributed by atoms with Gasteiger partial charge in [0.2, 0.25) is 11.0 Å². The van der Waals surface area contributed by atoms with Crippen molar-refractivity contribution in [2.24, 2.45) is 0 Å². The summed E-state index contributed by atoms with van der Waals surface area (Å²) in [5.41, 5.74) is 1.78. The highest BCUT2D eigenvalue weighted by Crippen LogP contribution is 2.29. The van der Waals surface area contributed by atoms with Gasteiger partial charge in [-0.25, -0.2) is 4.79 Å². The van der Waals surface area contributed by atoms with Crippen LogP contribution < -0.4 is 11.0 Å². The number of carbonyl (C=O) groups excluding carboxylic acids is 1. The van der Waals surface area contributed by atoms with Gasteiger partial charge in [-0.2, -0.15) is 4.98 Å². The van der Waals surface area contributed by atoms with Gasteiger partial charge >= 0.3 is 5.69 Å². The molecule has 0 radical (unpaired) electrons. The maximum atomic E-state index is 12.7. The summed E-state index contributed by atoms with van der Waals surface area (Å²) < 4.78 is 7.10. The van der Waals surface area contributed by atoms with Crippen LogP contribution in [0.25, 0.3) is 0 Å². The predicted molar refractivity (Wildman–Crippen MR) is 112 cm³/mol. The third-order valence-corrected chi connectivity index (χ3v) is 6.70. The fourth-order valence-corrected chi connectivity index (χ4v) is 4.90. The van der Waals surface area contributed by atoms with Crippen molar-refractivity contribution in [1.82, 2.24) is 19.7 Å². The maximum absolute atomic E-state index is 12.7. The van der Waals surface area contributed by atoms with E-state index in [0.29, 0.717) is 16.7 Å². The molecule has 0 unspecified atom stereocenters. The van der Waals surface area contributed by atoms with Crippen LogP contribution in [0.2, 0.25) is 0 Å². The molecule has 0 aromatic carbocycles. The Kier molecular flexibility index (Phi) is 6.10. The van der Waals surface area contributed by atoms with Gasteiger partial charge < -0.3 is 4.42 Å². The topological polar surface area (TPSA) is 103 Å². The lowest BCUT2D eigenvalue weighted by molar-refractivity contribution is -0.113. The third-order valence-electron chi connectivity index (χ3n) is 4.70. The maximum Gasteiger partial charge on any atom is 0.349 e. The first kappa shape index (κ1) is 19.8. The number of thioether (sulfide) groups is 1. The minimum atomic E-state index is -0.304. The van der Waals surface area contributed by atoms with Gasteiger partial charge in [-0.05, 0) is 44.2 Å². The molecule has 4 rings (SSSR count). The molecule has 29 heavy (non-hydrogen) atoms. The van der Waals surface area contributed by atoms with Crippen LogP contribution in [-0.2, 0) is 30.6 Å². The molecular weight excluding hydrogens is 410 g/mol.